The summed E-state index contributed by atoms with van der Waals surface area (Å²) in [5.74, 6) is -2.37. The molecule has 3 N–H and O–H groups in total. The van der Waals surface area contributed by atoms with E-state index in [1.54, 1.807) is 32.9 Å². The van der Waals surface area contributed by atoms with Crippen LogP contribution in [0.15, 0.2) is 24.5 Å². The van der Waals surface area contributed by atoms with Gasteiger partial charge in [-0.3, -0.25) is 4.98 Å². The third-order valence-corrected chi connectivity index (χ3v) is 2.38. The van der Waals surface area contributed by atoms with Crippen molar-refractivity contribution in [2.24, 2.45) is 5.73 Å². The first-order chi connectivity index (χ1) is 8.65. The number of aromatic nitrogens is 1. The summed E-state index contributed by atoms with van der Waals surface area (Å²) in [5.41, 5.74) is 3.43. The van der Waals surface area contributed by atoms with Crippen LogP contribution >= 0.6 is 0 Å². The van der Waals surface area contributed by atoms with Crippen LogP contribution in [-0.4, -0.2) is 33.2 Å². The molecule has 6 heteroatoms. The van der Waals surface area contributed by atoms with Crippen LogP contribution in [0.4, 0.5) is 0 Å². The number of rotatable bonds is 4. The highest BCUT2D eigenvalue weighted by molar-refractivity contribution is 6.04. The molecule has 6 nitrogen and oxygen atoms in total. The number of esters is 1. The smallest absolute Gasteiger partial charge is 0.338 e. The minimum atomic E-state index is -2.10. The molecule has 1 heterocycles. The van der Waals surface area contributed by atoms with Crippen molar-refractivity contribution < 1.29 is 19.4 Å². The Morgan fingerprint density at radius 2 is 1.84 bits per heavy atom. The summed E-state index contributed by atoms with van der Waals surface area (Å²) < 4.78 is 5.08. The van der Waals surface area contributed by atoms with Crippen LogP contribution in [0.3, 0.4) is 0 Å². The molecular formula is C13H18N2O4. The minimum Gasteiger partial charge on any atom is -0.479 e. The van der Waals surface area contributed by atoms with Gasteiger partial charge >= 0.3 is 11.9 Å². The Kier molecular flexibility index (Phi) is 4.26. The van der Waals surface area contributed by atoms with Crippen molar-refractivity contribution in [3.05, 3.63) is 30.1 Å². The summed E-state index contributed by atoms with van der Waals surface area (Å²) in [6.45, 7) is 4.96. The number of hydrogen-bond donors (Lipinski definition) is 2. The summed E-state index contributed by atoms with van der Waals surface area (Å²) in [7, 11) is 0. The van der Waals surface area contributed by atoms with E-state index in [2.05, 4.69) is 4.98 Å². The Balaban J connectivity index is 2.98. The van der Waals surface area contributed by atoms with Gasteiger partial charge in [0.15, 0.2) is 0 Å². The van der Waals surface area contributed by atoms with E-state index in [0.717, 1.165) is 0 Å². The predicted molar refractivity (Wildman–Crippen MR) is 68.3 cm³/mol. The molecule has 0 radical (unpaired) electrons. The van der Waals surface area contributed by atoms with E-state index in [4.69, 9.17) is 10.5 Å². The van der Waals surface area contributed by atoms with Crippen LogP contribution in [0, 0.1) is 0 Å². The molecule has 0 aliphatic heterocycles. The Morgan fingerprint density at radius 1 is 1.32 bits per heavy atom. The summed E-state index contributed by atoms with van der Waals surface area (Å²) >= 11 is 0. The van der Waals surface area contributed by atoms with Crippen LogP contribution in [0.5, 0.6) is 0 Å². The maximum absolute atomic E-state index is 12.0. The Bertz CT molecular complexity index is 467. The van der Waals surface area contributed by atoms with E-state index in [1.165, 1.54) is 12.4 Å². The first kappa shape index (κ1) is 15.1. The molecule has 0 amide bonds. The first-order valence-corrected chi connectivity index (χ1v) is 5.80. The molecule has 1 atom stereocenters. The van der Waals surface area contributed by atoms with Gasteiger partial charge < -0.3 is 15.6 Å². The van der Waals surface area contributed by atoms with Gasteiger partial charge in [0, 0.05) is 18.8 Å². The predicted octanol–water partition coefficient (Wildman–Crippen LogP) is 0.748. The summed E-state index contributed by atoms with van der Waals surface area (Å²) in [5, 5.41) is 9.22. The molecule has 19 heavy (non-hydrogen) atoms. The monoisotopic (exact) mass is 266 g/mol. The number of carbonyl (C=O) groups excluding carboxylic acids is 1. The van der Waals surface area contributed by atoms with Gasteiger partial charge in [0.05, 0.1) is 0 Å². The molecule has 104 valence electrons. The first-order valence-electron chi connectivity index (χ1n) is 5.80. The third kappa shape index (κ3) is 4.03. The zero-order valence-corrected chi connectivity index (χ0v) is 11.2. The van der Waals surface area contributed by atoms with Gasteiger partial charge in [-0.1, -0.05) is 0 Å². The van der Waals surface area contributed by atoms with E-state index in [0.29, 0.717) is 5.56 Å². The minimum absolute atomic E-state index is 0.153. The fraction of sp³-hybridized carbons (Fsp3) is 0.462. The number of pyridine rings is 1. The van der Waals surface area contributed by atoms with Crippen molar-refractivity contribution in [1.82, 2.24) is 4.98 Å². The van der Waals surface area contributed by atoms with Crippen LogP contribution in [0.25, 0.3) is 0 Å². The Hall–Kier alpha value is -1.95. The van der Waals surface area contributed by atoms with E-state index < -0.39 is 23.1 Å². The molecule has 0 spiro atoms. The molecule has 1 rings (SSSR count). The van der Waals surface area contributed by atoms with Crippen LogP contribution in [0.2, 0.25) is 0 Å². The van der Waals surface area contributed by atoms with Gasteiger partial charge in [-0.25, -0.2) is 9.59 Å². The maximum Gasteiger partial charge on any atom is 0.338 e. The fourth-order valence-electron chi connectivity index (χ4n) is 1.43. The second-order valence-corrected chi connectivity index (χ2v) is 5.31. The van der Waals surface area contributed by atoms with E-state index >= 15 is 0 Å². The zero-order valence-electron chi connectivity index (χ0n) is 11.2. The van der Waals surface area contributed by atoms with Crippen LogP contribution in [-0.2, 0) is 20.7 Å². The lowest BCUT2D eigenvalue weighted by molar-refractivity contribution is -0.169. The lowest BCUT2D eigenvalue weighted by Gasteiger charge is -2.28. The molecule has 0 saturated heterocycles. The van der Waals surface area contributed by atoms with Crippen molar-refractivity contribution >= 4 is 11.9 Å². The number of aliphatic carboxylic acids is 1. The highest BCUT2D eigenvalue weighted by Crippen LogP contribution is 2.17. The normalized spacial score (nSPS) is 14.5. The molecule has 1 aromatic rings. The van der Waals surface area contributed by atoms with Crippen molar-refractivity contribution in [2.75, 3.05) is 0 Å². The number of nitrogens with zero attached hydrogens (tertiary/aromatic N) is 1. The van der Waals surface area contributed by atoms with Crippen molar-refractivity contribution in [2.45, 2.75) is 38.3 Å². The van der Waals surface area contributed by atoms with Crippen molar-refractivity contribution in [3.63, 3.8) is 0 Å². The SMILES string of the molecule is CC(C)(C)OC(=O)[C@](N)(Cc1ccncc1)C(=O)O. The average molecular weight is 266 g/mol. The lowest BCUT2D eigenvalue weighted by Crippen LogP contribution is -2.58. The number of nitrogens with two attached hydrogens (primary N) is 1. The molecule has 0 saturated carbocycles. The number of ether oxygens (including phenoxy) is 1. The van der Waals surface area contributed by atoms with Gasteiger partial charge in [-0.15, -0.1) is 0 Å². The topological polar surface area (TPSA) is 103 Å². The highest BCUT2D eigenvalue weighted by Gasteiger charge is 2.45. The van der Waals surface area contributed by atoms with E-state index in [9.17, 15) is 14.7 Å². The lowest BCUT2D eigenvalue weighted by atomic mass is 9.92. The number of carboxylic acid groups (broad SMARTS) is 1. The van der Waals surface area contributed by atoms with Crippen LogP contribution in [0.1, 0.15) is 26.3 Å². The number of carboxylic acids is 1. The van der Waals surface area contributed by atoms with Crippen LogP contribution < -0.4 is 5.73 Å². The van der Waals surface area contributed by atoms with Gasteiger partial charge in [0.25, 0.3) is 0 Å². The van der Waals surface area contributed by atoms with Gasteiger partial charge in [0.1, 0.15) is 5.60 Å². The van der Waals surface area contributed by atoms with E-state index in [1.807, 2.05) is 0 Å². The molecule has 0 aliphatic rings. The zero-order chi connectivity index (χ0) is 14.7. The standard InChI is InChI=1S/C13H18N2O4/c1-12(2,3)19-11(18)13(14,10(16)17)8-9-4-6-15-7-5-9/h4-7H,8,14H2,1-3H3,(H,16,17)/t13-/m0/s1. The number of hydrogen-bond acceptors (Lipinski definition) is 5. The number of carbonyl (C=O) groups is 2. The second-order valence-electron chi connectivity index (χ2n) is 5.31. The van der Waals surface area contributed by atoms with Crippen molar-refractivity contribution in [3.8, 4) is 0 Å². The van der Waals surface area contributed by atoms with Gasteiger partial charge in [-0.2, -0.15) is 0 Å². The molecule has 0 unspecified atom stereocenters. The largest absolute Gasteiger partial charge is 0.479 e. The maximum atomic E-state index is 12.0. The molecule has 0 fully saturated rings. The molecule has 0 aliphatic carbocycles. The summed E-state index contributed by atoms with van der Waals surface area (Å²) in [6, 6.07) is 3.21. The summed E-state index contributed by atoms with van der Waals surface area (Å²) in [4.78, 5) is 27.1. The fourth-order valence-corrected chi connectivity index (χ4v) is 1.43. The molecular weight excluding hydrogens is 248 g/mol. The average Bonchev–Trinajstić information content (AvgIpc) is 2.27. The molecule has 1 aromatic heterocycles. The third-order valence-electron chi connectivity index (χ3n) is 2.38. The van der Waals surface area contributed by atoms with E-state index in [-0.39, 0.29) is 6.42 Å². The second kappa shape index (κ2) is 5.36. The Morgan fingerprint density at radius 3 is 2.26 bits per heavy atom. The molecule has 0 aromatic carbocycles. The Labute approximate surface area is 111 Å². The highest BCUT2D eigenvalue weighted by atomic mass is 16.6. The molecule has 0 bridgehead atoms. The van der Waals surface area contributed by atoms with Crippen molar-refractivity contribution in [1.29, 1.82) is 0 Å². The van der Waals surface area contributed by atoms with Gasteiger partial charge in [-0.05, 0) is 38.5 Å². The van der Waals surface area contributed by atoms with Gasteiger partial charge in [0.2, 0.25) is 5.54 Å². The quantitative estimate of drug-likeness (QED) is 0.615. The summed E-state index contributed by atoms with van der Waals surface area (Å²) in [6.07, 6.45) is 2.86.